The van der Waals surface area contributed by atoms with Crippen LogP contribution in [0, 0.1) is 0 Å². The Morgan fingerprint density at radius 3 is 2.80 bits per heavy atom. The zero-order chi connectivity index (χ0) is 11.4. The number of carbonyl (C=O) groups excluding carboxylic acids is 1. The molecule has 0 aromatic heterocycles. The minimum atomic E-state index is -1.01. The van der Waals surface area contributed by atoms with E-state index < -0.39 is 5.97 Å². The molecule has 1 rings (SSSR count). The fourth-order valence-electron chi connectivity index (χ4n) is 1.70. The molecule has 15 heavy (non-hydrogen) atoms. The molecule has 1 aliphatic rings. The predicted molar refractivity (Wildman–Crippen MR) is 54.4 cm³/mol. The lowest BCUT2D eigenvalue weighted by atomic mass is 10.1. The van der Waals surface area contributed by atoms with Crippen molar-refractivity contribution in [2.24, 2.45) is 5.73 Å². The van der Waals surface area contributed by atoms with Crippen molar-refractivity contribution in [3.05, 3.63) is 0 Å². The van der Waals surface area contributed by atoms with E-state index >= 15 is 0 Å². The quantitative estimate of drug-likeness (QED) is 0.653. The van der Waals surface area contributed by atoms with Gasteiger partial charge in [0.15, 0.2) is 0 Å². The van der Waals surface area contributed by atoms with Gasteiger partial charge >= 0.3 is 12.0 Å². The average Bonchev–Trinajstić information content (AvgIpc) is 2.15. The van der Waals surface area contributed by atoms with E-state index in [2.05, 4.69) is 0 Å². The van der Waals surface area contributed by atoms with Gasteiger partial charge in [-0.05, 0) is 12.8 Å². The van der Waals surface area contributed by atoms with Gasteiger partial charge in [-0.2, -0.15) is 0 Å². The number of nitrogens with two attached hydrogens (primary N) is 1. The summed E-state index contributed by atoms with van der Waals surface area (Å²) >= 11 is 0. The molecule has 1 atom stereocenters. The van der Waals surface area contributed by atoms with Gasteiger partial charge in [-0.15, -0.1) is 0 Å². The second-order valence-corrected chi connectivity index (χ2v) is 3.88. The Hall–Kier alpha value is -1.30. The highest BCUT2D eigenvalue weighted by Gasteiger charge is 2.24. The van der Waals surface area contributed by atoms with Crippen molar-refractivity contribution in [1.82, 2.24) is 9.80 Å². The molecule has 2 amide bonds. The highest BCUT2D eigenvalue weighted by molar-refractivity contribution is 5.80. The minimum absolute atomic E-state index is 0.0147. The molecule has 0 bridgehead atoms. The molecule has 0 aromatic carbocycles. The van der Waals surface area contributed by atoms with Crippen molar-refractivity contribution in [2.75, 3.05) is 26.7 Å². The normalized spacial score (nSPS) is 21.2. The number of hydrogen-bond acceptors (Lipinski definition) is 3. The molecule has 0 saturated carbocycles. The molecule has 1 aliphatic heterocycles. The van der Waals surface area contributed by atoms with Crippen LogP contribution in [0.25, 0.3) is 0 Å². The van der Waals surface area contributed by atoms with Crippen LogP contribution >= 0.6 is 0 Å². The van der Waals surface area contributed by atoms with E-state index in [1.807, 2.05) is 0 Å². The summed E-state index contributed by atoms with van der Waals surface area (Å²) in [5, 5.41) is 8.55. The topological polar surface area (TPSA) is 86.9 Å². The third kappa shape index (κ3) is 3.39. The van der Waals surface area contributed by atoms with Crippen molar-refractivity contribution in [3.8, 4) is 0 Å². The standard InChI is InChI=1S/C9H17N3O3/c1-11(6-8(13)14)9(15)12-4-2-3-7(10)5-12/h7H,2-6,10H2,1H3,(H,13,14). The van der Waals surface area contributed by atoms with Gasteiger partial charge in [-0.1, -0.05) is 0 Å². The van der Waals surface area contributed by atoms with Gasteiger partial charge in [0.25, 0.3) is 0 Å². The van der Waals surface area contributed by atoms with Crippen LogP contribution in [0.1, 0.15) is 12.8 Å². The zero-order valence-electron chi connectivity index (χ0n) is 8.85. The number of nitrogens with zero attached hydrogens (tertiary/aromatic N) is 2. The maximum absolute atomic E-state index is 11.7. The van der Waals surface area contributed by atoms with E-state index in [-0.39, 0.29) is 18.6 Å². The Bertz CT molecular complexity index is 257. The van der Waals surface area contributed by atoms with Crippen LogP contribution in [-0.4, -0.2) is 59.6 Å². The molecule has 1 unspecified atom stereocenters. The van der Waals surface area contributed by atoms with Crippen LogP contribution in [0.3, 0.4) is 0 Å². The molecular formula is C9H17N3O3. The summed E-state index contributed by atoms with van der Waals surface area (Å²) in [4.78, 5) is 24.9. The second-order valence-electron chi connectivity index (χ2n) is 3.88. The number of likely N-dealkylation sites (tertiary alicyclic amines) is 1. The van der Waals surface area contributed by atoms with Crippen molar-refractivity contribution < 1.29 is 14.7 Å². The lowest BCUT2D eigenvalue weighted by molar-refractivity contribution is -0.137. The number of hydrogen-bond donors (Lipinski definition) is 2. The first-order chi connectivity index (χ1) is 7.00. The number of aliphatic carboxylic acids is 1. The SMILES string of the molecule is CN(CC(=O)O)C(=O)N1CCCC(N)C1. The first-order valence-electron chi connectivity index (χ1n) is 4.98. The number of carbonyl (C=O) groups is 2. The van der Waals surface area contributed by atoms with Crippen LogP contribution in [0.2, 0.25) is 0 Å². The van der Waals surface area contributed by atoms with E-state index in [9.17, 15) is 9.59 Å². The maximum Gasteiger partial charge on any atom is 0.323 e. The Balaban J connectivity index is 2.47. The fraction of sp³-hybridized carbons (Fsp3) is 0.778. The summed E-state index contributed by atoms with van der Waals surface area (Å²) in [5.41, 5.74) is 5.74. The van der Waals surface area contributed by atoms with Crippen molar-refractivity contribution in [1.29, 1.82) is 0 Å². The number of carboxylic acid groups (broad SMARTS) is 1. The van der Waals surface area contributed by atoms with Crippen molar-refractivity contribution in [3.63, 3.8) is 0 Å². The molecule has 3 N–H and O–H groups in total. The number of amides is 2. The minimum Gasteiger partial charge on any atom is -0.480 e. The zero-order valence-corrected chi connectivity index (χ0v) is 8.85. The van der Waals surface area contributed by atoms with Gasteiger partial charge in [0.2, 0.25) is 0 Å². The molecule has 0 spiro atoms. The summed E-state index contributed by atoms with van der Waals surface area (Å²) in [6, 6.07) is -0.242. The van der Waals surface area contributed by atoms with Crippen LogP contribution in [-0.2, 0) is 4.79 Å². The number of likely N-dealkylation sites (N-methyl/N-ethyl adjacent to an activating group) is 1. The molecule has 0 aliphatic carbocycles. The van der Waals surface area contributed by atoms with Crippen LogP contribution < -0.4 is 5.73 Å². The van der Waals surface area contributed by atoms with Gasteiger partial charge < -0.3 is 20.6 Å². The van der Waals surface area contributed by atoms with Gasteiger partial charge in [0.1, 0.15) is 6.54 Å². The lowest BCUT2D eigenvalue weighted by Gasteiger charge is -2.33. The highest BCUT2D eigenvalue weighted by atomic mass is 16.4. The average molecular weight is 215 g/mol. The summed E-state index contributed by atoms with van der Waals surface area (Å²) < 4.78 is 0. The monoisotopic (exact) mass is 215 g/mol. The summed E-state index contributed by atoms with van der Waals surface area (Å²) in [6.45, 7) is 0.907. The van der Waals surface area contributed by atoms with Gasteiger partial charge in [-0.25, -0.2) is 4.79 Å². The third-order valence-corrected chi connectivity index (χ3v) is 2.43. The van der Waals surface area contributed by atoms with Crippen molar-refractivity contribution >= 4 is 12.0 Å². The largest absolute Gasteiger partial charge is 0.480 e. The van der Waals surface area contributed by atoms with E-state index in [0.717, 1.165) is 12.8 Å². The van der Waals surface area contributed by atoms with Gasteiger partial charge in [0.05, 0.1) is 0 Å². The molecule has 1 saturated heterocycles. The van der Waals surface area contributed by atoms with Crippen LogP contribution in [0.4, 0.5) is 4.79 Å². The van der Waals surface area contributed by atoms with E-state index in [1.165, 1.54) is 11.9 Å². The van der Waals surface area contributed by atoms with Crippen LogP contribution in [0.15, 0.2) is 0 Å². The Morgan fingerprint density at radius 1 is 1.60 bits per heavy atom. The van der Waals surface area contributed by atoms with E-state index in [1.54, 1.807) is 4.90 Å². The molecule has 0 radical (unpaired) electrons. The summed E-state index contributed by atoms with van der Waals surface area (Å²) in [7, 11) is 1.48. The van der Waals surface area contributed by atoms with E-state index in [4.69, 9.17) is 10.8 Å². The second kappa shape index (κ2) is 4.97. The number of piperidine rings is 1. The van der Waals surface area contributed by atoms with Crippen molar-refractivity contribution in [2.45, 2.75) is 18.9 Å². The summed E-state index contributed by atoms with van der Waals surface area (Å²) in [5.74, 6) is -1.01. The molecule has 86 valence electrons. The highest BCUT2D eigenvalue weighted by Crippen LogP contribution is 2.09. The Morgan fingerprint density at radius 2 is 2.27 bits per heavy atom. The molecule has 6 heteroatoms. The first-order valence-corrected chi connectivity index (χ1v) is 4.98. The van der Waals surface area contributed by atoms with Crippen LogP contribution in [0.5, 0.6) is 0 Å². The predicted octanol–water partition coefficient (Wildman–Crippen LogP) is -0.454. The van der Waals surface area contributed by atoms with Gasteiger partial charge in [0, 0.05) is 26.2 Å². The molecular weight excluding hydrogens is 198 g/mol. The van der Waals surface area contributed by atoms with E-state index in [0.29, 0.717) is 13.1 Å². The smallest absolute Gasteiger partial charge is 0.323 e. The molecule has 0 aromatic rings. The summed E-state index contributed by atoms with van der Waals surface area (Å²) in [6.07, 6.45) is 1.81. The first kappa shape index (κ1) is 11.8. The Kier molecular flexibility index (Phi) is 3.90. The number of rotatable bonds is 2. The Labute approximate surface area is 88.6 Å². The fourth-order valence-corrected chi connectivity index (χ4v) is 1.70. The molecule has 1 fully saturated rings. The molecule has 1 heterocycles. The number of carboxylic acids is 1. The molecule has 6 nitrogen and oxygen atoms in total. The maximum atomic E-state index is 11.7. The number of urea groups is 1. The third-order valence-electron chi connectivity index (χ3n) is 2.43. The van der Waals surface area contributed by atoms with Gasteiger partial charge in [-0.3, -0.25) is 4.79 Å². The lowest BCUT2D eigenvalue weighted by Crippen LogP contribution is -2.50.